The smallest absolute Gasteiger partial charge is 0.257 e. The Bertz CT molecular complexity index is 3260. The largest absolute Gasteiger partial charge is 0.505 e. The summed E-state index contributed by atoms with van der Waals surface area (Å²) in [6.07, 6.45) is 0.403. The van der Waals surface area contributed by atoms with Gasteiger partial charge >= 0.3 is 0 Å². The van der Waals surface area contributed by atoms with Crippen molar-refractivity contribution in [1.29, 1.82) is 0 Å². The molecule has 5 aliphatic heterocycles. The number of anilines is 3. The van der Waals surface area contributed by atoms with Crippen LogP contribution in [0.25, 0.3) is 10.4 Å². The van der Waals surface area contributed by atoms with E-state index in [-0.39, 0.29) is 73.4 Å². The highest BCUT2D eigenvalue weighted by Gasteiger charge is 2.47. The number of para-hydroxylation sites is 1. The highest BCUT2D eigenvalue weighted by atomic mass is 16.5. The van der Waals surface area contributed by atoms with E-state index >= 15 is 0 Å². The van der Waals surface area contributed by atoms with Gasteiger partial charge in [0.2, 0.25) is 0 Å². The van der Waals surface area contributed by atoms with Gasteiger partial charge in [0.25, 0.3) is 16.8 Å². The quantitative estimate of drug-likeness (QED) is 0.0159. The molecule has 0 bridgehead atoms. The molecular formula is C62H83N7O15. The van der Waals surface area contributed by atoms with Crippen LogP contribution in [0.1, 0.15) is 138 Å². The molecule has 0 spiro atoms. The summed E-state index contributed by atoms with van der Waals surface area (Å²) in [6.45, 7) is 31.7. The second kappa shape index (κ2) is 25.7. The molecule has 1 amide bonds. The van der Waals surface area contributed by atoms with E-state index in [9.17, 15) is 29.4 Å². The SMILES string of the molecule is CC1(C=O)COC1.Cc1cc(C(N)C2(C)COC2)oc1C.Cc1cc(C(N=[N+]=[N-])C2(C)COC2)oc1C.Cc1cc(C(Nc2c(Nc3cccc(C(=O)N(C)C)c3O)c(=O)c2=O)C2(C)COC2)oc1C.Cc1cc(C(O)C2(C)COC2)oc1C. The normalized spacial score (nSPS) is 19.3. The summed E-state index contributed by atoms with van der Waals surface area (Å²) in [5.74, 6) is 5.71. The molecule has 5 saturated heterocycles. The fourth-order valence-corrected chi connectivity index (χ4v) is 9.67. The summed E-state index contributed by atoms with van der Waals surface area (Å²) in [7, 11) is 3.15. The second-order valence-corrected chi connectivity index (χ2v) is 24.9. The maximum Gasteiger partial charge on any atom is 0.257 e. The van der Waals surface area contributed by atoms with E-state index in [1.54, 1.807) is 20.2 Å². The van der Waals surface area contributed by atoms with Gasteiger partial charge in [-0.05, 0) is 126 Å². The van der Waals surface area contributed by atoms with Gasteiger partial charge in [0, 0.05) is 40.7 Å². The summed E-state index contributed by atoms with van der Waals surface area (Å²) in [6, 6.07) is 11.7. The third-order valence-electron chi connectivity index (χ3n) is 16.5. The first-order valence-corrected chi connectivity index (χ1v) is 27.9. The minimum atomic E-state index is -0.707. The van der Waals surface area contributed by atoms with Crippen LogP contribution in [-0.4, -0.2) is 107 Å². The van der Waals surface area contributed by atoms with Gasteiger partial charge in [-0.2, -0.15) is 0 Å². The number of nitrogens with zero attached hydrogens (tertiary/aromatic N) is 4. The second-order valence-electron chi connectivity index (χ2n) is 24.9. The van der Waals surface area contributed by atoms with Crippen molar-refractivity contribution in [1.82, 2.24) is 4.90 Å². The van der Waals surface area contributed by atoms with Gasteiger partial charge in [-0.15, -0.1) is 0 Å². The number of aldehydes is 1. The number of rotatable bonds is 15. The lowest BCUT2D eigenvalue weighted by atomic mass is 9.78. The van der Waals surface area contributed by atoms with Crippen LogP contribution in [0, 0.1) is 82.5 Å². The van der Waals surface area contributed by atoms with Crippen molar-refractivity contribution in [2.24, 2.45) is 37.9 Å². The van der Waals surface area contributed by atoms with Crippen molar-refractivity contribution in [2.75, 3.05) is 90.8 Å². The number of aliphatic hydroxyl groups is 1. The Kier molecular flexibility index (Phi) is 19.7. The van der Waals surface area contributed by atoms with Gasteiger partial charge in [0.05, 0.1) is 94.8 Å². The monoisotopic (exact) mass is 1170 g/mol. The van der Waals surface area contributed by atoms with E-state index in [2.05, 4.69) is 27.6 Å². The van der Waals surface area contributed by atoms with E-state index in [0.29, 0.717) is 64.4 Å². The molecule has 0 aliphatic carbocycles. The third kappa shape index (κ3) is 13.7. The first kappa shape index (κ1) is 64.5. The minimum absolute atomic E-state index is 0.0265. The Morgan fingerprint density at radius 1 is 0.643 bits per heavy atom. The van der Waals surface area contributed by atoms with Gasteiger partial charge in [0.1, 0.15) is 75.9 Å². The number of aryl methyl sites for hydroxylation is 8. The predicted octanol–water partition coefficient (Wildman–Crippen LogP) is 10.2. The van der Waals surface area contributed by atoms with E-state index in [4.69, 9.17) is 52.6 Å². The van der Waals surface area contributed by atoms with Crippen molar-refractivity contribution in [2.45, 2.75) is 114 Å². The van der Waals surface area contributed by atoms with Crippen LogP contribution in [0.4, 0.5) is 17.1 Å². The van der Waals surface area contributed by atoms with Gasteiger partial charge in [-0.1, -0.05) is 38.9 Å². The molecule has 0 radical (unpaired) electrons. The molecule has 5 fully saturated rings. The number of nitrogens with two attached hydrogens (primary N) is 1. The number of hydrogen-bond acceptors (Lipinski definition) is 19. The number of hydrogen-bond donors (Lipinski definition) is 5. The molecule has 9 heterocycles. The molecule has 22 nitrogen and oxygen atoms in total. The molecule has 2 aromatic carbocycles. The number of amides is 1. The number of nitrogens with one attached hydrogen (secondary N) is 2. The van der Waals surface area contributed by atoms with Crippen molar-refractivity contribution >= 4 is 29.3 Å². The number of aromatic hydroxyl groups is 1. The van der Waals surface area contributed by atoms with Crippen molar-refractivity contribution < 1.29 is 61.2 Å². The summed E-state index contributed by atoms with van der Waals surface area (Å²) in [5, 5.41) is 30.5. The van der Waals surface area contributed by atoms with Crippen LogP contribution in [-0.2, 0) is 28.5 Å². The van der Waals surface area contributed by atoms with E-state index < -0.39 is 23.0 Å². The zero-order chi connectivity index (χ0) is 61.9. The van der Waals surface area contributed by atoms with Gasteiger partial charge < -0.3 is 77.6 Å². The lowest BCUT2D eigenvalue weighted by molar-refractivity contribution is -0.167. The standard InChI is InChI=1S/C24H27N3O6.C11H15N3O2.C11H17NO2.C11H16O3.C5H8O2/c1-12-9-16(33-13(12)2)22(24(3)10-32-11-24)26-18-17(20(29)21(18)30)25-15-8-6-7-14(19(15)28)23(31)27(4)5;1-7-4-9(16-8(7)2)10(13-14-12)11(3)5-15-6-11;2*1-7-4-9(14-8(7)2)10(12)11(3)5-13-6-11;1-5(2-6)3-7-4-5/h6-9,22,25-26,28H,10-11H2,1-5H3;4,10H,5-6H2,1-3H3;4,10H,5-6,12H2,1-3H3;4,10,12H,5-6H2,1-3H3;2H,3-4H2,1H3. The molecule has 6 N–H and O–H groups in total. The van der Waals surface area contributed by atoms with Crippen molar-refractivity contribution in [3.8, 4) is 5.75 Å². The number of carbonyl (C=O) groups is 2. The molecular weight excluding hydrogens is 1080 g/mol. The summed E-state index contributed by atoms with van der Waals surface area (Å²) < 4.78 is 48.4. The Labute approximate surface area is 489 Å². The highest BCUT2D eigenvalue weighted by Crippen LogP contribution is 2.46. The van der Waals surface area contributed by atoms with Crippen molar-refractivity contribution in [3.05, 3.63) is 147 Å². The molecule has 456 valence electrons. The number of phenols is 1. The third-order valence-corrected chi connectivity index (χ3v) is 16.5. The van der Waals surface area contributed by atoms with Crippen molar-refractivity contribution in [3.63, 3.8) is 0 Å². The highest BCUT2D eigenvalue weighted by molar-refractivity contribution is 5.99. The molecule has 0 saturated carbocycles. The zero-order valence-corrected chi connectivity index (χ0v) is 51.1. The van der Waals surface area contributed by atoms with Gasteiger partial charge in [-0.3, -0.25) is 14.4 Å². The minimum Gasteiger partial charge on any atom is -0.505 e. The fourth-order valence-electron chi connectivity index (χ4n) is 9.67. The summed E-state index contributed by atoms with van der Waals surface area (Å²) in [5.41, 5.74) is 17.4. The summed E-state index contributed by atoms with van der Waals surface area (Å²) >= 11 is 0. The number of furan rings is 4. The zero-order valence-electron chi connectivity index (χ0n) is 51.1. The van der Waals surface area contributed by atoms with Crippen LogP contribution in [0.3, 0.4) is 0 Å². The van der Waals surface area contributed by atoms with E-state index in [1.165, 1.54) is 22.6 Å². The van der Waals surface area contributed by atoms with Crippen LogP contribution in [0.2, 0.25) is 0 Å². The predicted molar refractivity (Wildman–Crippen MR) is 314 cm³/mol. The van der Waals surface area contributed by atoms with Crippen LogP contribution in [0.5, 0.6) is 5.75 Å². The Morgan fingerprint density at radius 2 is 1.07 bits per heavy atom. The summed E-state index contributed by atoms with van der Waals surface area (Å²) in [4.78, 5) is 51.5. The number of phenolic OH excluding ortho intramolecular Hbond substituents is 1. The average Bonchev–Trinajstić information content (AvgIpc) is 2.22. The number of azide groups is 1. The maximum absolute atomic E-state index is 12.5. The van der Waals surface area contributed by atoms with Crippen LogP contribution >= 0.6 is 0 Å². The molecule has 4 atom stereocenters. The molecule has 84 heavy (non-hydrogen) atoms. The first-order valence-electron chi connectivity index (χ1n) is 27.9. The average molecular weight is 1170 g/mol. The van der Waals surface area contributed by atoms with E-state index in [0.717, 1.165) is 70.8 Å². The lowest BCUT2D eigenvalue weighted by Gasteiger charge is -2.44. The van der Waals surface area contributed by atoms with Gasteiger partial charge in [-0.25, -0.2) is 0 Å². The lowest BCUT2D eigenvalue weighted by Crippen LogP contribution is -2.49. The Balaban J connectivity index is 0.000000166. The molecule has 6 aromatic rings. The van der Waals surface area contributed by atoms with Gasteiger partial charge in [0.15, 0.2) is 5.75 Å². The van der Waals surface area contributed by atoms with Crippen LogP contribution in [0.15, 0.2) is 74.8 Å². The first-order chi connectivity index (χ1) is 39.4. The maximum atomic E-state index is 12.5. The number of carbonyl (C=O) groups excluding carboxylic acids is 2. The molecule has 22 heteroatoms. The van der Waals surface area contributed by atoms with E-state index in [1.807, 2.05) is 107 Å². The number of aliphatic hydroxyl groups excluding tert-OH is 1. The fraction of sp³-hybridized carbons (Fsp3) is 0.548. The number of benzene rings is 1. The number of ether oxygens (including phenoxy) is 5. The molecule has 4 unspecified atom stereocenters. The Morgan fingerprint density at radius 3 is 1.44 bits per heavy atom. The Hall–Kier alpha value is -7.01. The molecule has 5 aliphatic rings. The molecule has 4 aromatic heterocycles. The topological polar surface area (TPSA) is 310 Å². The van der Waals surface area contributed by atoms with Crippen LogP contribution < -0.4 is 27.2 Å². The molecule has 11 rings (SSSR count).